The van der Waals surface area contributed by atoms with Crippen LogP contribution < -0.4 is 0 Å². The van der Waals surface area contributed by atoms with Gasteiger partial charge >= 0.3 is 5.97 Å². The minimum atomic E-state index is -0.954. The highest BCUT2D eigenvalue weighted by Gasteiger charge is 2.02. The van der Waals surface area contributed by atoms with E-state index >= 15 is 0 Å². The van der Waals surface area contributed by atoms with Crippen LogP contribution in [-0.4, -0.2) is 22.3 Å². The van der Waals surface area contributed by atoms with Gasteiger partial charge < -0.3 is 10.2 Å². The van der Waals surface area contributed by atoms with Gasteiger partial charge in [0.2, 0.25) is 0 Å². The minimum Gasteiger partial charge on any atom is -0.478 e. The van der Waals surface area contributed by atoms with Crippen molar-refractivity contribution in [3.05, 3.63) is 71.9 Å². The fourth-order valence-electron chi connectivity index (χ4n) is 1.90. The summed E-state index contributed by atoms with van der Waals surface area (Å²) in [6.07, 6.45) is 19.1. The van der Waals surface area contributed by atoms with Gasteiger partial charge in [-0.15, -0.1) is 0 Å². The van der Waals surface area contributed by atoms with Crippen LogP contribution in [0.15, 0.2) is 71.9 Å². The molecule has 0 aliphatic carbocycles. The number of aliphatic hydroxyl groups is 1. The van der Waals surface area contributed by atoms with Crippen LogP contribution in [0.25, 0.3) is 0 Å². The fraction of sp³-hybridized carbons (Fsp3) is 0.381. The summed E-state index contributed by atoms with van der Waals surface area (Å²) in [4.78, 5) is 10.3. The second kappa shape index (κ2) is 13.3. The zero-order valence-corrected chi connectivity index (χ0v) is 15.1. The van der Waals surface area contributed by atoms with Crippen molar-refractivity contribution < 1.29 is 15.0 Å². The van der Waals surface area contributed by atoms with E-state index in [4.69, 9.17) is 5.11 Å². The molecule has 0 aromatic carbocycles. The Kier molecular flexibility index (Phi) is 12.1. The van der Waals surface area contributed by atoms with Crippen LogP contribution in [0.1, 0.15) is 40.5 Å². The van der Waals surface area contributed by atoms with E-state index in [1.54, 1.807) is 12.2 Å². The summed E-state index contributed by atoms with van der Waals surface area (Å²) in [7, 11) is 0. The molecule has 0 radical (unpaired) electrons. The quantitative estimate of drug-likeness (QED) is 0.438. The van der Waals surface area contributed by atoms with Crippen LogP contribution in [0.2, 0.25) is 0 Å². The number of carboxylic acids is 1. The van der Waals surface area contributed by atoms with E-state index < -0.39 is 12.1 Å². The number of carboxylic acid groups (broad SMARTS) is 1. The summed E-state index contributed by atoms with van der Waals surface area (Å²) < 4.78 is 0. The predicted molar refractivity (Wildman–Crippen MR) is 102 cm³/mol. The Balaban J connectivity index is 4.19. The van der Waals surface area contributed by atoms with Crippen molar-refractivity contribution in [2.75, 3.05) is 0 Å². The van der Waals surface area contributed by atoms with Crippen molar-refractivity contribution >= 4 is 5.97 Å². The molecular formula is C21H30O3. The van der Waals surface area contributed by atoms with E-state index in [1.807, 2.05) is 51.2 Å². The summed E-state index contributed by atoms with van der Waals surface area (Å²) in [6.45, 7) is 8.17. The molecule has 0 fully saturated rings. The number of aliphatic hydroxyl groups excluding tert-OH is 1. The van der Waals surface area contributed by atoms with Gasteiger partial charge in [0.15, 0.2) is 0 Å². The lowest BCUT2D eigenvalue weighted by molar-refractivity contribution is -0.131. The van der Waals surface area contributed by atoms with Crippen molar-refractivity contribution in [1.29, 1.82) is 0 Å². The van der Waals surface area contributed by atoms with E-state index in [0.717, 1.165) is 18.1 Å². The number of allylic oxidation sites excluding steroid dienone is 10. The molecule has 2 N–H and O–H groups in total. The lowest BCUT2D eigenvalue weighted by atomic mass is 10.0. The molecule has 0 aromatic rings. The molecule has 24 heavy (non-hydrogen) atoms. The Morgan fingerprint density at radius 2 is 1.62 bits per heavy atom. The molecule has 0 saturated carbocycles. The van der Waals surface area contributed by atoms with Gasteiger partial charge in [0.25, 0.3) is 0 Å². The molecule has 0 saturated heterocycles. The number of aliphatic carboxylic acids is 1. The second-order valence-corrected chi connectivity index (χ2v) is 5.87. The van der Waals surface area contributed by atoms with Crippen LogP contribution in [0.4, 0.5) is 0 Å². The third-order valence-electron chi connectivity index (χ3n) is 3.42. The second-order valence-electron chi connectivity index (χ2n) is 5.87. The van der Waals surface area contributed by atoms with Crippen molar-refractivity contribution in [1.82, 2.24) is 0 Å². The summed E-state index contributed by atoms with van der Waals surface area (Å²) >= 11 is 0. The summed E-state index contributed by atoms with van der Waals surface area (Å²) in [5.41, 5.74) is 2.33. The number of hydrogen-bond acceptors (Lipinski definition) is 2. The Hall–Kier alpha value is -2.13. The molecule has 0 aliphatic rings. The topological polar surface area (TPSA) is 57.5 Å². The summed E-state index contributed by atoms with van der Waals surface area (Å²) in [6, 6.07) is 0. The van der Waals surface area contributed by atoms with Gasteiger partial charge in [-0.1, -0.05) is 72.8 Å². The normalized spacial score (nSPS) is 16.7. The summed E-state index contributed by atoms with van der Waals surface area (Å²) in [5.74, 6) is -0.604. The van der Waals surface area contributed by atoms with E-state index in [0.29, 0.717) is 12.3 Å². The smallest absolute Gasteiger partial charge is 0.328 e. The maximum atomic E-state index is 10.3. The molecule has 0 unspecified atom stereocenters. The largest absolute Gasteiger partial charge is 0.478 e. The maximum absolute atomic E-state index is 10.3. The molecule has 2 atom stereocenters. The van der Waals surface area contributed by atoms with Gasteiger partial charge in [-0.2, -0.15) is 0 Å². The minimum absolute atomic E-state index is 0.350. The van der Waals surface area contributed by atoms with Crippen LogP contribution in [0.5, 0.6) is 0 Å². The zero-order chi connectivity index (χ0) is 18.4. The van der Waals surface area contributed by atoms with Crippen LogP contribution >= 0.6 is 0 Å². The molecule has 0 rings (SSSR count). The number of carbonyl (C=O) groups is 1. The van der Waals surface area contributed by atoms with Crippen LogP contribution in [0.3, 0.4) is 0 Å². The lowest BCUT2D eigenvalue weighted by Gasteiger charge is -2.08. The predicted octanol–water partition coefficient (Wildman–Crippen LogP) is 4.99. The van der Waals surface area contributed by atoms with Crippen molar-refractivity contribution in [3.63, 3.8) is 0 Å². The average molecular weight is 330 g/mol. The molecular weight excluding hydrogens is 300 g/mol. The first-order valence-electron chi connectivity index (χ1n) is 8.27. The Morgan fingerprint density at radius 3 is 2.25 bits per heavy atom. The number of rotatable bonds is 10. The third kappa shape index (κ3) is 13.5. The molecule has 3 nitrogen and oxygen atoms in total. The standard InChI is InChI=1S/C21H30O3/c1-5-17(2)16-19(4)13-15-20(22)14-12-18(3)10-8-6-7-9-11-21(23)24/h5-11,13,15-16,18,20,22H,12,14H2,1-4H3,(H,23,24)/b7-6+,10-8+,11-9+,15-13+,17-5+,19-16-/t18-,20+/m1/s1. The van der Waals surface area contributed by atoms with Gasteiger partial charge in [-0.05, 0) is 39.5 Å². The average Bonchev–Trinajstić information content (AvgIpc) is 2.53. The van der Waals surface area contributed by atoms with Crippen LogP contribution in [0, 0.1) is 5.92 Å². The summed E-state index contributed by atoms with van der Waals surface area (Å²) in [5, 5.41) is 18.4. The molecule has 0 spiro atoms. The lowest BCUT2D eigenvalue weighted by Crippen LogP contribution is -2.04. The van der Waals surface area contributed by atoms with Crippen molar-refractivity contribution in [2.24, 2.45) is 5.92 Å². The van der Waals surface area contributed by atoms with E-state index in [-0.39, 0.29) is 0 Å². The fourth-order valence-corrected chi connectivity index (χ4v) is 1.90. The highest BCUT2D eigenvalue weighted by atomic mass is 16.4. The molecule has 0 aliphatic heterocycles. The first-order chi connectivity index (χ1) is 11.3. The van der Waals surface area contributed by atoms with E-state index in [9.17, 15) is 9.90 Å². The van der Waals surface area contributed by atoms with E-state index in [1.165, 1.54) is 11.6 Å². The van der Waals surface area contributed by atoms with E-state index in [2.05, 4.69) is 13.0 Å². The van der Waals surface area contributed by atoms with Gasteiger partial charge in [0.05, 0.1) is 6.10 Å². The Morgan fingerprint density at radius 1 is 0.958 bits per heavy atom. The van der Waals surface area contributed by atoms with Gasteiger partial charge in [-0.3, -0.25) is 0 Å². The SMILES string of the molecule is C/C=C(C)/C=C(C)\C=C\[C@@H](O)CC[C@H](C)/C=C/C=C/C=C/C(=O)O. The van der Waals surface area contributed by atoms with Crippen molar-refractivity contribution in [3.8, 4) is 0 Å². The highest BCUT2D eigenvalue weighted by molar-refractivity contribution is 5.80. The molecule has 0 bridgehead atoms. The molecule has 132 valence electrons. The first-order valence-corrected chi connectivity index (χ1v) is 8.27. The molecule has 0 aromatic heterocycles. The molecule has 0 amide bonds. The Labute approximate surface area is 146 Å². The third-order valence-corrected chi connectivity index (χ3v) is 3.42. The van der Waals surface area contributed by atoms with Gasteiger partial charge in [0.1, 0.15) is 0 Å². The van der Waals surface area contributed by atoms with Crippen LogP contribution in [-0.2, 0) is 4.79 Å². The van der Waals surface area contributed by atoms with Gasteiger partial charge in [-0.25, -0.2) is 4.79 Å². The monoisotopic (exact) mass is 330 g/mol. The Bertz CT molecular complexity index is 545. The first kappa shape index (κ1) is 21.9. The van der Waals surface area contributed by atoms with Crippen molar-refractivity contribution in [2.45, 2.75) is 46.6 Å². The highest BCUT2D eigenvalue weighted by Crippen LogP contribution is 2.11. The molecule has 0 heterocycles. The maximum Gasteiger partial charge on any atom is 0.328 e. The van der Waals surface area contributed by atoms with Gasteiger partial charge in [0, 0.05) is 6.08 Å². The number of hydrogen-bond donors (Lipinski definition) is 2. The zero-order valence-electron chi connectivity index (χ0n) is 15.1. The molecule has 3 heteroatoms.